The number of rotatable bonds is 7. The average Bonchev–Trinajstić information content (AvgIpc) is 2.69. The Kier molecular flexibility index (Phi) is 5.93. The first-order valence-electron chi connectivity index (χ1n) is 8.91. The fraction of sp³-hybridized carbons (Fsp3) is 0.238. The number of carbonyl (C=O) groups excluding carboxylic acids is 1. The molecule has 0 spiro atoms. The molecule has 1 heterocycles. The van der Waals surface area contributed by atoms with Crippen LogP contribution in [0.5, 0.6) is 11.5 Å². The van der Waals surface area contributed by atoms with Crippen LogP contribution in [0.15, 0.2) is 42.5 Å². The molecule has 3 rings (SSSR count). The molecule has 0 radical (unpaired) electrons. The zero-order chi connectivity index (χ0) is 20.1. The zero-order valence-electron chi connectivity index (χ0n) is 15.9. The van der Waals surface area contributed by atoms with Gasteiger partial charge in [0.25, 0.3) is 0 Å². The Hall–Kier alpha value is -3.35. The minimum absolute atomic E-state index is 0.114. The minimum Gasteiger partial charge on any atom is -0.494 e. The molecule has 0 saturated heterocycles. The van der Waals surface area contributed by atoms with Crippen LogP contribution in [0.1, 0.15) is 24.3 Å². The first-order valence-corrected chi connectivity index (χ1v) is 8.91. The van der Waals surface area contributed by atoms with Crippen molar-refractivity contribution in [3.05, 3.63) is 54.0 Å². The van der Waals surface area contributed by atoms with E-state index in [-0.39, 0.29) is 5.69 Å². The van der Waals surface area contributed by atoms with E-state index in [0.717, 1.165) is 0 Å². The second-order valence-electron chi connectivity index (χ2n) is 5.86. The van der Waals surface area contributed by atoms with Crippen molar-refractivity contribution in [2.75, 3.05) is 25.6 Å². The number of hydrogen-bond donors (Lipinski definition) is 1. The highest BCUT2D eigenvalue weighted by Gasteiger charge is 2.15. The Morgan fingerprint density at radius 1 is 1.04 bits per heavy atom. The van der Waals surface area contributed by atoms with Crippen LogP contribution in [0.4, 0.5) is 15.8 Å². The van der Waals surface area contributed by atoms with Gasteiger partial charge in [0.1, 0.15) is 17.3 Å². The lowest BCUT2D eigenvalue weighted by Crippen LogP contribution is -2.06. The molecule has 0 fully saturated rings. The molecule has 3 aromatic rings. The van der Waals surface area contributed by atoms with Crippen molar-refractivity contribution in [3.8, 4) is 11.5 Å². The number of pyridine rings is 1. The second-order valence-corrected chi connectivity index (χ2v) is 5.86. The number of esters is 1. The van der Waals surface area contributed by atoms with Gasteiger partial charge in [-0.15, -0.1) is 0 Å². The van der Waals surface area contributed by atoms with Gasteiger partial charge in [-0.1, -0.05) is 0 Å². The third kappa shape index (κ3) is 4.14. The minimum atomic E-state index is -0.581. The van der Waals surface area contributed by atoms with Crippen LogP contribution in [0.25, 0.3) is 10.9 Å². The smallest absolute Gasteiger partial charge is 0.356 e. The number of anilines is 2. The summed E-state index contributed by atoms with van der Waals surface area (Å²) in [5.74, 6) is 0.275. The second kappa shape index (κ2) is 8.56. The molecule has 0 aliphatic heterocycles. The van der Waals surface area contributed by atoms with E-state index in [4.69, 9.17) is 14.2 Å². The molecule has 0 atom stereocenters. The summed E-state index contributed by atoms with van der Waals surface area (Å²) < 4.78 is 29.9. The fourth-order valence-electron chi connectivity index (χ4n) is 2.80. The number of nitrogens with one attached hydrogen (secondary N) is 1. The Bertz CT molecular complexity index is 1010. The van der Waals surface area contributed by atoms with Crippen molar-refractivity contribution in [2.45, 2.75) is 13.8 Å². The number of nitrogens with zero attached hydrogens (tertiary/aromatic N) is 1. The molecule has 0 saturated carbocycles. The van der Waals surface area contributed by atoms with E-state index in [2.05, 4.69) is 10.3 Å². The van der Waals surface area contributed by atoms with Gasteiger partial charge >= 0.3 is 5.97 Å². The Labute approximate surface area is 162 Å². The van der Waals surface area contributed by atoms with Crippen LogP contribution in [-0.4, -0.2) is 31.3 Å². The third-order valence-corrected chi connectivity index (χ3v) is 4.00. The maximum atomic E-state index is 13.9. The molecule has 0 amide bonds. The maximum absolute atomic E-state index is 13.9. The molecular formula is C21H21FN2O4. The summed E-state index contributed by atoms with van der Waals surface area (Å²) in [6.07, 6.45) is 0. The number of halogens is 1. The summed E-state index contributed by atoms with van der Waals surface area (Å²) in [7, 11) is 1.28. The lowest BCUT2D eigenvalue weighted by molar-refractivity contribution is 0.0594. The standard InChI is InChI=1S/C21H21FN2O4/c1-4-27-14-7-9-20(28-5-2)18(11-14)24-17-12-19(21(25)26-3)23-16-8-6-13(22)10-15(16)17/h6-12H,4-5H2,1-3H3,(H,23,24). The van der Waals surface area contributed by atoms with Crippen LogP contribution in [0.2, 0.25) is 0 Å². The van der Waals surface area contributed by atoms with Gasteiger partial charge in [0.15, 0.2) is 5.69 Å². The van der Waals surface area contributed by atoms with Gasteiger partial charge in [-0.05, 0) is 50.2 Å². The molecule has 0 aliphatic carbocycles. The van der Waals surface area contributed by atoms with Crippen molar-refractivity contribution >= 4 is 28.2 Å². The van der Waals surface area contributed by atoms with Crippen molar-refractivity contribution in [1.82, 2.24) is 4.98 Å². The van der Waals surface area contributed by atoms with E-state index in [1.165, 1.54) is 31.4 Å². The molecule has 0 bridgehead atoms. The number of carbonyl (C=O) groups is 1. The van der Waals surface area contributed by atoms with E-state index in [9.17, 15) is 9.18 Å². The van der Waals surface area contributed by atoms with Gasteiger partial charge in [-0.2, -0.15) is 0 Å². The number of ether oxygens (including phenoxy) is 3. The number of fused-ring (bicyclic) bond motifs is 1. The summed E-state index contributed by atoms with van der Waals surface area (Å²) in [5.41, 5.74) is 1.70. The number of benzene rings is 2. The van der Waals surface area contributed by atoms with Crippen molar-refractivity contribution in [3.63, 3.8) is 0 Å². The highest BCUT2D eigenvalue weighted by atomic mass is 19.1. The normalized spacial score (nSPS) is 10.6. The predicted molar refractivity (Wildman–Crippen MR) is 105 cm³/mol. The average molecular weight is 384 g/mol. The lowest BCUT2D eigenvalue weighted by Gasteiger charge is -2.16. The number of hydrogen-bond acceptors (Lipinski definition) is 6. The lowest BCUT2D eigenvalue weighted by atomic mass is 10.1. The van der Waals surface area contributed by atoms with E-state index in [1.54, 1.807) is 12.1 Å². The first kappa shape index (κ1) is 19.4. The fourth-order valence-corrected chi connectivity index (χ4v) is 2.80. The van der Waals surface area contributed by atoms with E-state index >= 15 is 0 Å². The predicted octanol–water partition coefficient (Wildman–Crippen LogP) is 4.70. The van der Waals surface area contributed by atoms with Gasteiger partial charge in [-0.25, -0.2) is 14.2 Å². The Morgan fingerprint density at radius 2 is 1.82 bits per heavy atom. The van der Waals surface area contributed by atoms with Crippen LogP contribution in [0, 0.1) is 5.82 Å². The largest absolute Gasteiger partial charge is 0.494 e. The Balaban J connectivity index is 2.13. The highest BCUT2D eigenvalue weighted by molar-refractivity contribution is 5.99. The van der Waals surface area contributed by atoms with E-state index in [0.29, 0.717) is 47.0 Å². The number of aromatic nitrogens is 1. The SMILES string of the molecule is CCOc1ccc(OCC)c(Nc2cc(C(=O)OC)nc3ccc(F)cc23)c1. The molecule has 146 valence electrons. The van der Waals surface area contributed by atoms with Gasteiger partial charge in [0.2, 0.25) is 0 Å². The molecule has 28 heavy (non-hydrogen) atoms. The summed E-state index contributed by atoms with van der Waals surface area (Å²) in [4.78, 5) is 16.3. The van der Waals surface area contributed by atoms with Gasteiger partial charge in [-0.3, -0.25) is 0 Å². The molecule has 1 N–H and O–H groups in total. The molecule has 6 nitrogen and oxygen atoms in total. The summed E-state index contributed by atoms with van der Waals surface area (Å²) in [6, 6.07) is 11.1. The highest BCUT2D eigenvalue weighted by Crippen LogP contribution is 2.35. The number of methoxy groups -OCH3 is 1. The van der Waals surface area contributed by atoms with Crippen molar-refractivity contribution in [1.29, 1.82) is 0 Å². The summed E-state index contributed by atoms with van der Waals surface area (Å²) >= 11 is 0. The van der Waals surface area contributed by atoms with Crippen LogP contribution in [0.3, 0.4) is 0 Å². The van der Waals surface area contributed by atoms with Crippen molar-refractivity contribution < 1.29 is 23.4 Å². The maximum Gasteiger partial charge on any atom is 0.356 e. The van der Waals surface area contributed by atoms with Crippen LogP contribution in [-0.2, 0) is 4.74 Å². The van der Waals surface area contributed by atoms with E-state index < -0.39 is 11.8 Å². The Morgan fingerprint density at radius 3 is 2.54 bits per heavy atom. The monoisotopic (exact) mass is 384 g/mol. The summed E-state index contributed by atoms with van der Waals surface area (Å²) in [6.45, 7) is 4.77. The van der Waals surface area contributed by atoms with Gasteiger partial charge < -0.3 is 19.5 Å². The molecule has 1 aromatic heterocycles. The third-order valence-electron chi connectivity index (χ3n) is 4.00. The van der Waals surface area contributed by atoms with Gasteiger partial charge in [0.05, 0.1) is 37.2 Å². The zero-order valence-corrected chi connectivity index (χ0v) is 15.9. The molecule has 0 aliphatic rings. The first-order chi connectivity index (χ1) is 13.5. The molecular weight excluding hydrogens is 363 g/mol. The van der Waals surface area contributed by atoms with Gasteiger partial charge in [0, 0.05) is 11.5 Å². The molecule has 0 unspecified atom stereocenters. The van der Waals surface area contributed by atoms with Crippen LogP contribution < -0.4 is 14.8 Å². The topological polar surface area (TPSA) is 69.7 Å². The molecule has 2 aromatic carbocycles. The quantitative estimate of drug-likeness (QED) is 0.596. The van der Waals surface area contributed by atoms with Crippen LogP contribution >= 0.6 is 0 Å². The van der Waals surface area contributed by atoms with Crippen molar-refractivity contribution in [2.24, 2.45) is 0 Å². The van der Waals surface area contributed by atoms with E-state index in [1.807, 2.05) is 19.9 Å². The summed E-state index contributed by atoms with van der Waals surface area (Å²) in [5, 5.41) is 3.75. The molecule has 7 heteroatoms.